The molecule has 7 nitrogen and oxygen atoms in total. The van der Waals surface area contributed by atoms with Gasteiger partial charge in [0.2, 0.25) is 0 Å². The Morgan fingerprint density at radius 3 is 2.92 bits per heavy atom. The summed E-state index contributed by atoms with van der Waals surface area (Å²) in [4.78, 5) is 22.1. The summed E-state index contributed by atoms with van der Waals surface area (Å²) in [5.41, 5.74) is 5.47. The predicted molar refractivity (Wildman–Crippen MR) is 108 cm³/mol. The zero-order valence-electron chi connectivity index (χ0n) is 14.4. The van der Waals surface area contributed by atoms with Gasteiger partial charge < -0.3 is 15.0 Å². The van der Waals surface area contributed by atoms with Crippen LogP contribution in [0.25, 0.3) is 11.0 Å². The Kier molecular flexibility index (Phi) is 5.74. The van der Waals surface area contributed by atoms with Gasteiger partial charge in [-0.2, -0.15) is 0 Å². The van der Waals surface area contributed by atoms with Crippen molar-refractivity contribution in [3.05, 3.63) is 51.2 Å². The average Bonchev–Trinajstić information content (AvgIpc) is 2.90. The molecule has 0 fully saturated rings. The molecule has 26 heavy (non-hydrogen) atoms. The maximum absolute atomic E-state index is 12.7. The van der Waals surface area contributed by atoms with Crippen molar-refractivity contribution >= 4 is 51.0 Å². The molecule has 8 heteroatoms. The first-order chi connectivity index (χ1) is 12.5. The van der Waals surface area contributed by atoms with Crippen molar-refractivity contribution in [2.75, 3.05) is 18.5 Å². The molecule has 0 saturated carbocycles. The highest BCUT2D eigenvalue weighted by atomic mass is 127. The normalized spacial score (nSPS) is 10.9. The molecule has 3 N–H and O–H groups in total. The molecule has 2 heterocycles. The molecule has 0 atom stereocenters. The second kappa shape index (κ2) is 8.02. The minimum Gasteiger partial charge on any atom is -0.394 e. The number of fused-ring (bicyclic) bond motifs is 1. The minimum atomic E-state index is -0.400. The maximum Gasteiger partial charge on any atom is 0.279 e. The lowest BCUT2D eigenvalue weighted by Crippen LogP contribution is -2.25. The number of hydroxylamine groups is 1. The maximum atomic E-state index is 12.7. The quantitative estimate of drug-likeness (QED) is 0.296. The number of anilines is 2. The lowest BCUT2D eigenvalue weighted by atomic mass is 10.1. The third kappa shape index (κ3) is 3.67. The Bertz CT molecular complexity index is 955. The zero-order valence-corrected chi connectivity index (χ0v) is 16.6. The molecule has 1 aromatic carbocycles. The Hall–Kier alpha value is -2.17. The fraction of sp³-hybridized carbons (Fsp3) is 0.222. The first kappa shape index (κ1) is 18.6. The summed E-state index contributed by atoms with van der Waals surface area (Å²) < 4.78 is 2.98. The number of carbonyl (C=O) groups excluding carboxylic acids is 1. The molecular formula is C18H19IN4O3. The number of aliphatic hydroxyl groups is 1. The van der Waals surface area contributed by atoms with Gasteiger partial charge in [0, 0.05) is 27.9 Å². The molecule has 0 radical (unpaired) electrons. The first-order valence-electron chi connectivity index (χ1n) is 8.02. The van der Waals surface area contributed by atoms with Crippen molar-refractivity contribution in [1.29, 1.82) is 0 Å². The highest BCUT2D eigenvalue weighted by Gasteiger charge is 2.22. The van der Waals surface area contributed by atoms with Gasteiger partial charge in [0.25, 0.3) is 5.91 Å². The fourth-order valence-electron chi connectivity index (χ4n) is 2.74. The van der Waals surface area contributed by atoms with Gasteiger partial charge in [-0.15, -0.1) is 0 Å². The number of pyridine rings is 1. The molecule has 136 valence electrons. The van der Waals surface area contributed by atoms with Gasteiger partial charge in [-0.25, -0.2) is 10.5 Å². The van der Waals surface area contributed by atoms with Crippen molar-refractivity contribution in [2.24, 2.45) is 7.05 Å². The van der Waals surface area contributed by atoms with Gasteiger partial charge in [-0.1, -0.05) is 0 Å². The number of aryl methyl sites for hydroxylation is 2. The monoisotopic (exact) mass is 466 g/mol. The second-order valence-electron chi connectivity index (χ2n) is 5.74. The van der Waals surface area contributed by atoms with Gasteiger partial charge in [0.1, 0.15) is 11.5 Å². The molecule has 0 saturated heterocycles. The third-order valence-corrected chi connectivity index (χ3v) is 4.64. The van der Waals surface area contributed by atoms with E-state index in [2.05, 4.69) is 44.4 Å². The van der Waals surface area contributed by atoms with E-state index < -0.39 is 5.91 Å². The van der Waals surface area contributed by atoms with E-state index in [4.69, 9.17) is 9.94 Å². The Morgan fingerprint density at radius 1 is 1.38 bits per heavy atom. The summed E-state index contributed by atoms with van der Waals surface area (Å²) in [5, 5.41) is 12.9. The van der Waals surface area contributed by atoms with E-state index in [-0.39, 0.29) is 13.2 Å². The van der Waals surface area contributed by atoms with E-state index in [1.54, 1.807) is 12.3 Å². The summed E-state index contributed by atoms with van der Waals surface area (Å²) in [6.45, 7) is 1.85. The average molecular weight is 466 g/mol. The van der Waals surface area contributed by atoms with Crippen LogP contribution in [0.3, 0.4) is 0 Å². The molecule has 1 amide bonds. The predicted octanol–water partition coefficient (Wildman–Crippen LogP) is 2.88. The van der Waals surface area contributed by atoms with Crippen molar-refractivity contribution in [3.63, 3.8) is 0 Å². The Labute approximate surface area is 164 Å². The van der Waals surface area contributed by atoms with Gasteiger partial charge in [0.15, 0.2) is 0 Å². The zero-order chi connectivity index (χ0) is 18.7. The van der Waals surface area contributed by atoms with Gasteiger partial charge in [-0.3, -0.25) is 9.63 Å². The topological polar surface area (TPSA) is 88.4 Å². The summed E-state index contributed by atoms with van der Waals surface area (Å²) in [6.07, 6.45) is 1.69. The van der Waals surface area contributed by atoms with Crippen molar-refractivity contribution in [1.82, 2.24) is 15.0 Å². The van der Waals surface area contributed by atoms with Crippen LogP contribution in [0.4, 0.5) is 11.5 Å². The molecule has 3 rings (SSSR count). The lowest BCUT2D eigenvalue weighted by Gasteiger charge is -2.13. The number of benzene rings is 1. The van der Waals surface area contributed by atoms with Crippen LogP contribution in [0, 0.1) is 10.5 Å². The number of hydrogen-bond donors (Lipinski definition) is 3. The van der Waals surface area contributed by atoms with E-state index in [1.165, 1.54) is 0 Å². The molecular weight excluding hydrogens is 447 g/mol. The largest absolute Gasteiger partial charge is 0.394 e. The lowest BCUT2D eigenvalue weighted by molar-refractivity contribution is 0.0170. The van der Waals surface area contributed by atoms with E-state index in [1.807, 2.05) is 36.7 Å². The number of rotatable bonds is 6. The number of nitrogens with zero attached hydrogens (tertiary/aromatic N) is 2. The van der Waals surface area contributed by atoms with Gasteiger partial charge >= 0.3 is 0 Å². The highest BCUT2D eigenvalue weighted by molar-refractivity contribution is 14.1. The molecule has 0 unspecified atom stereocenters. The summed E-state index contributed by atoms with van der Waals surface area (Å²) in [5.74, 6) is 0.218. The number of carbonyl (C=O) groups is 1. The van der Waals surface area contributed by atoms with Crippen LogP contribution >= 0.6 is 22.6 Å². The van der Waals surface area contributed by atoms with Crippen LogP contribution in [-0.4, -0.2) is 33.8 Å². The number of hydrogen-bond acceptors (Lipinski definition) is 5. The Balaban J connectivity index is 2.06. The van der Waals surface area contributed by atoms with Gasteiger partial charge in [0.05, 0.1) is 18.8 Å². The number of amides is 1. The number of halogens is 1. The van der Waals surface area contributed by atoms with Crippen LogP contribution in [0.5, 0.6) is 0 Å². The number of nitrogens with one attached hydrogen (secondary N) is 2. The van der Waals surface area contributed by atoms with Gasteiger partial charge in [-0.05, 0) is 65.4 Å². The fourth-order valence-corrected chi connectivity index (χ4v) is 3.39. The first-order valence-corrected chi connectivity index (χ1v) is 9.10. The standard InChI is InChI=1S/C18H19IN4O3/c1-11-10-12(19)5-6-14(11)21-17-15(18(25)22-26-9-8-24)13-4-3-7-20-16(13)23(17)2/h3-7,10,21,24H,8-9H2,1-2H3,(H,22,25). The minimum absolute atomic E-state index is 0.0216. The van der Waals surface area contributed by atoms with Crippen molar-refractivity contribution < 1.29 is 14.7 Å². The van der Waals surface area contributed by atoms with E-state index in [9.17, 15) is 4.79 Å². The second-order valence-corrected chi connectivity index (χ2v) is 6.99. The van der Waals surface area contributed by atoms with Crippen LogP contribution in [0.1, 0.15) is 15.9 Å². The summed E-state index contributed by atoms with van der Waals surface area (Å²) in [6, 6.07) is 9.67. The number of aromatic nitrogens is 2. The van der Waals surface area contributed by atoms with E-state index >= 15 is 0 Å². The molecule has 0 spiro atoms. The molecule has 0 bridgehead atoms. The SMILES string of the molecule is Cc1cc(I)ccc1Nc1c(C(=O)NOCCO)c2cccnc2n1C. The van der Waals surface area contributed by atoms with Crippen LogP contribution in [-0.2, 0) is 11.9 Å². The molecule has 3 aromatic rings. The van der Waals surface area contributed by atoms with E-state index in [0.29, 0.717) is 22.4 Å². The van der Waals surface area contributed by atoms with Crippen molar-refractivity contribution in [2.45, 2.75) is 6.92 Å². The van der Waals surface area contributed by atoms with Crippen molar-refractivity contribution in [3.8, 4) is 0 Å². The third-order valence-electron chi connectivity index (χ3n) is 3.97. The highest BCUT2D eigenvalue weighted by Crippen LogP contribution is 2.31. The molecule has 2 aromatic heterocycles. The van der Waals surface area contributed by atoms with Crippen LogP contribution in [0.2, 0.25) is 0 Å². The molecule has 0 aliphatic carbocycles. The van der Waals surface area contributed by atoms with E-state index in [0.717, 1.165) is 14.8 Å². The van der Waals surface area contributed by atoms with Crippen LogP contribution in [0.15, 0.2) is 36.5 Å². The molecule has 0 aliphatic rings. The summed E-state index contributed by atoms with van der Waals surface area (Å²) >= 11 is 2.26. The summed E-state index contributed by atoms with van der Waals surface area (Å²) in [7, 11) is 1.85. The molecule has 0 aliphatic heterocycles. The number of aliphatic hydroxyl groups excluding tert-OH is 1. The Morgan fingerprint density at radius 2 is 2.19 bits per heavy atom. The van der Waals surface area contributed by atoms with Crippen LogP contribution < -0.4 is 10.8 Å². The smallest absolute Gasteiger partial charge is 0.279 e.